The van der Waals surface area contributed by atoms with Crippen molar-refractivity contribution in [2.45, 2.75) is 26.7 Å². The van der Waals surface area contributed by atoms with E-state index in [0.717, 1.165) is 23.7 Å². The van der Waals surface area contributed by atoms with Gasteiger partial charge in [-0.05, 0) is 36.1 Å². The molecule has 1 aromatic heterocycles. The van der Waals surface area contributed by atoms with Crippen LogP contribution in [0.5, 0.6) is 5.75 Å². The van der Waals surface area contributed by atoms with Gasteiger partial charge in [-0.2, -0.15) is 0 Å². The summed E-state index contributed by atoms with van der Waals surface area (Å²) in [6.07, 6.45) is 1.87. The van der Waals surface area contributed by atoms with E-state index in [2.05, 4.69) is 13.8 Å². The molecule has 3 nitrogen and oxygen atoms in total. The van der Waals surface area contributed by atoms with Crippen molar-refractivity contribution in [1.29, 1.82) is 0 Å². The number of hydrogen-bond donors (Lipinski definition) is 1. The van der Waals surface area contributed by atoms with Crippen LogP contribution in [0.15, 0.2) is 23.0 Å². The fourth-order valence-corrected chi connectivity index (χ4v) is 2.23. The van der Waals surface area contributed by atoms with Gasteiger partial charge in [0.05, 0.1) is 5.52 Å². The Morgan fingerprint density at radius 2 is 1.71 bits per heavy atom. The van der Waals surface area contributed by atoms with Crippen molar-refractivity contribution < 1.29 is 5.11 Å². The van der Waals surface area contributed by atoms with Crippen LogP contribution in [0.1, 0.15) is 25.0 Å². The molecule has 3 heteroatoms. The Hall–Kier alpha value is -1.77. The lowest BCUT2D eigenvalue weighted by atomic mass is 9.99. The number of rotatable bonds is 2. The maximum atomic E-state index is 11.6. The van der Waals surface area contributed by atoms with Crippen molar-refractivity contribution in [3.63, 3.8) is 0 Å². The Labute approximate surface area is 100 Å². The highest BCUT2D eigenvalue weighted by atomic mass is 16.3. The zero-order chi connectivity index (χ0) is 12.6. The fraction of sp³-hybridized carbons (Fsp3) is 0.357. The number of nitrogens with zero attached hydrogens (tertiary/aromatic N) is 1. The van der Waals surface area contributed by atoms with Crippen molar-refractivity contribution in [3.8, 4) is 5.75 Å². The van der Waals surface area contributed by atoms with Crippen LogP contribution in [0.3, 0.4) is 0 Å². The van der Waals surface area contributed by atoms with Gasteiger partial charge >= 0.3 is 0 Å². The Morgan fingerprint density at radius 3 is 2.29 bits per heavy atom. The van der Waals surface area contributed by atoms with Crippen LogP contribution in [0.4, 0.5) is 0 Å². The average Bonchev–Trinajstić information content (AvgIpc) is 2.34. The molecule has 1 aromatic carbocycles. The predicted octanol–water partition coefficient (Wildman–Crippen LogP) is 2.37. The van der Waals surface area contributed by atoms with E-state index < -0.39 is 0 Å². The molecule has 0 radical (unpaired) electrons. The van der Waals surface area contributed by atoms with E-state index in [9.17, 15) is 9.90 Å². The summed E-state index contributed by atoms with van der Waals surface area (Å²) < 4.78 is 1.58. The fourth-order valence-electron chi connectivity index (χ4n) is 2.23. The van der Waals surface area contributed by atoms with Crippen molar-refractivity contribution >= 4 is 10.9 Å². The molecule has 0 unspecified atom stereocenters. The van der Waals surface area contributed by atoms with Crippen molar-refractivity contribution in [1.82, 2.24) is 4.57 Å². The highest BCUT2D eigenvalue weighted by Crippen LogP contribution is 2.26. The minimum atomic E-state index is -0.179. The molecule has 0 aliphatic carbocycles. The maximum Gasteiger partial charge on any atom is 0.254 e. The molecule has 0 amide bonds. The summed E-state index contributed by atoms with van der Waals surface area (Å²) in [7, 11) is 1.73. The molecule has 1 N–H and O–H groups in total. The first kappa shape index (κ1) is 11.7. The molecule has 2 rings (SSSR count). The Balaban J connectivity index is 2.92. The molecule has 0 fully saturated rings. The Morgan fingerprint density at radius 1 is 1.12 bits per heavy atom. The number of aromatic hydroxyl groups is 1. The van der Waals surface area contributed by atoms with Crippen molar-refractivity contribution in [3.05, 3.63) is 39.7 Å². The van der Waals surface area contributed by atoms with E-state index >= 15 is 0 Å². The minimum Gasteiger partial charge on any atom is -0.507 e. The molecule has 2 aromatic rings. The molecule has 0 saturated carbocycles. The third-order valence-electron chi connectivity index (χ3n) is 3.31. The first-order valence-corrected chi connectivity index (χ1v) is 5.93. The summed E-state index contributed by atoms with van der Waals surface area (Å²) in [6.45, 7) is 4.20. The lowest BCUT2D eigenvalue weighted by Gasteiger charge is -2.12. The topological polar surface area (TPSA) is 42.2 Å². The van der Waals surface area contributed by atoms with Crippen molar-refractivity contribution in [2.24, 2.45) is 7.05 Å². The normalized spacial score (nSPS) is 11.0. The van der Waals surface area contributed by atoms with Crippen molar-refractivity contribution in [2.75, 3.05) is 0 Å². The van der Waals surface area contributed by atoms with E-state index in [4.69, 9.17) is 0 Å². The Bertz CT molecular complexity index is 626. The molecule has 0 bridgehead atoms. The van der Waals surface area contributed by atoms with Crippen LogP contribution < -0.4 is 5.56 Å². The van der Waals surface area contributed by atoms with Gasteiger partial charge in [-0.1, -0.05) is 13.8 Å². The van der Waals surface area contributed by atoms with Gasteiger partial charge < -0.3 is 9.67 Å². The van der Waals surface area contributed by atoms with Crippen LogP contribution in [0.25, 0.3) is 10.9 Å². The first-order chi connectivity index (χ1) is 8.08. The number of benzene rings is 1. The van der Waals surface area contributed by atoms with Gasteiger partial charge in [0.1, 0.15) is 5.75 Å². The third kappa shape index (κ3) is 1.82. The van der Waals surface area contributed by atoms with E-state index in [-0.39, 0.29) is 11.3 Å². The third-order valence-corrected chi connectivity index (χ3v) is 3.31. The molecule has 0 aliphatic heterocycles. The molecular formula is C14H17NO2. The smallest absolute Gasteiger partial charge is 0.254 e. The summed E-state index contributed by atoms with van der Waals surface area (Å²) in [6, 6.07) is 5.27. The highest BCUT2D eigenvalue weighted by molar-refractivity contribution is 5.86. The van der Waals surface area contributed by atoms with E-state index in [0.29, 0.717) is 0 Å². The monoisotopic (exact) mass is 231 g/mol. The lowest BCUT2D eigenvalue weighted by molar-refractivity contribution is 0.479. The summed E-state index contributed by atoms with van der Waals surface area (Å²) in [5, 5.41) is 10.6. The van der Waals surface area contributed by atoms with E-state index in [1.807, 2.05) is 12.1 Å². The second-order valence-corrected chi connectivity index (χ2v) is 4.27. The molecule has 1 heterocycles. The lowest BCUT2D eigenvalue weighted by Crippen LogP contribution is -2.15. The van der Waals surface area contributed by atoms with Crippen LogP contribution in [-0.4, -0.2) is 9.67 Å². The number of aromatic nitrogens is 1. The van der Waals surface area contributed by atoms with Crippen LogP contribution in [-0.2, 0) is 19.9 Å². The summed E-state index contributed by atoms with van der Waals surface area (Å²) in [4.78, 5) is 11.6. The second-order valence-electron chi connectivity index (χ2n) is 4.27. The molecule has 0 atom stereocenters. The maximum absolute atomic E-state index is 11.6. The quantitative estimate of drug-likeness (QED) is 0.862. The number of aryl methyl sites for hydroxylation is 3. The number of hydrogen-bond acceptors (Lipinski definition) is 2. The van der Waals surface area contributed by atoms with E-state index in [1.165, 1.54) is 17.2 Å². The Kier molecular flexibility index (Phi) is 2.92. The summed E-state index contributed by atoms with van der Waals surface area (Å²) >= 11 is 0. The van der Waals surface area contributed by atoms with Gasteiger partial charge in [0.15, 0.2) is 0 Å². The van der Waals surface area contributed by atoms with E-state index in [1.54, 1.807) is 11.6 Å². The first-order valence-electron chi connectivity index (χ1n) is 5.93. The SMILES string of the molecule is CCc1cc2c(O)cc(=O)n(C)c2cc1CC. The average molecular weight is 231 g/mol. The zero-order valence-corrected chi connectivity index (χ0v) is 10.4. The molecule has 0 spiro atoms. The second kappa shape index (κ2) is 4.24. The van der Waals surface area contributed by atoms with Crippen LogP contribution >= 0.6 is 0 Å². The highest BCUT2D eigenvalue weighted by Gasteiger charge is 2.09. The molecule has 90 valence electrons. The molecule has 0 saturated heterocycles. The van der Waals surface area contributed by atoms with Gasteiger partial charge in [-0.15, -0.1) is 0 Å². The molecule has 0 aliphatic rings. The molecular weight excluding hydrogens is 214 g/mol. The summed E-state index contributed by atoms with van der Waals surface area (Å²) in [5.41, 5.74) is 3.08. The zero-order valence-electron chi connectivity index (χ0n) is 10.4. The summed E-state index contributed by atoms with van der Waals surface area (Å²) in [5.74, 6) is 0.0699. The van der Waals surface area contributed by atoms with Crippen LogP contribution in [0.2, 0.25) is 0 Å². The van der Waals surface area contributed by atoms with Gasteiger partial charge in [0, 0.05) is 18.5 Å². The largest absolute Gasteiger partial charge is 0.507 e. The van der Waals surface area contributed by atoms with Gasteiger partial charge in [0.2, 0.25) is 0 Å². The minimum absolute atomic E-state index is 0.0699. The predicted molar refractivity (Wildman–Crippen MR) is 69.6 cm³/mol. The van der Waals surface area contributed by atoms with Gasteiger partial charge in [-0.25, -0.2) is 0 Å². The standard InChI is InChI=1S/C14H17NO2/c1-4-9-6-11-12(7-10(9)5-2)15(3)14(17)8-13(11)16/h6-8,16H,4-5H2,1-3H3. The van der Waals surface area contributed by atoms with Gasteiger partial charge in [0.25, 0.3) is 5.56 Å². The van der Waals surface area contributed by atoms with Gasteiger partial charge in [-0.3, -0.25) is 4.79 Å². The number of fused-ring (bicyclic) bond motifs is 1. The molecule has 17 heavy (non-hydrogen) atoms. The number of pyridine rings is 1. The van der Waals surface area contributed by atoms with Crippen LogP contribution in [0, 0.1) is 0 Å².